The SMILES string of the molecule is CCc1nnc(NCC2CCS(=O)(=O)C2)nc1CC. The van der Waals surface area contributed by atoms with Crippen LogP contribution in [0.4, 0.5) is 5.95 Å². The summed E-state index contributed by atoms with van der Waals surface area (Å²) in [5, 5.41) is 11.3. The van der Waals surface area contributed by atoms with Crippen LogP contribution < -0.4 is 5.32 Å². The second kappa shape index (κ2) is 5.81. The standard InChI is InChI=1S/C12H20N4O2S/c1-3-10-11(4-2)15-16-12(14-10)13-7-9-5-6-19(17,18)8-9/h9H,3-8H2,1-2H3,(H,13,14,16). The zero-order chi connectivity index (χ0) is 13.9. The van der Waals surface area contributed by atoms with Crippen molar-refractivity contribution in [3.8, 4) is 0 Å². The molecule has 0 saturated carbocycles. The van der Waals surface area contributed by atoms with E-state index in [2.05, 4.69) is 20.5 Å². The van der Waals surface area contributed by atoms with Crippen molar-refractivity contribution >= 4 is 15.8 Å². The van der Waals surface area contributed by atoms with Crippen LogP contribution in [0.3, 0.4) is 0 Å². The Morgan fingerprint density at radius 3 is 2.53 bits per heavy atom. The molecule has 0 aliphatic carbocycles. The summed E-state index contributed by atoms with van der Waals surface area (Å²) < 4.78 is 22.7. The Balaban J connectivity index is 1.97. The van der Waals surface area contributed by atoms with Gasteiger partial charge in [0.15, 0.2) is 9.84 Å². The van der Waals surface area contributed by atoms with Crippen LogP contribution in [0, 0.1) is 5.92 Å². The Morgan fingerprint density at radius 2 is 1.95 bits per heavy atom. The fraction of sp³-hybridized carbons (Fsp3) is 0.750. The Labute approximate surface area is 114 Å². The summed E-state index contributed by atoms with van der Waals surface area (Å²) in [5.41, 5.74) is 1.88. The van der Waals surface area contributed by atoms with Crippen molar-refractivity contribution in [3.05, 3.63) is 11.4 Å². The van der Waals surface area contributed by atoms with Gasteiger partial charge in [-0.05, 0) is 25.2 Å². The van der Waals surface area contributed by atoms with E-state index in [0.717, 1.165) is 30.7 Å². The minimum absolute atomic E-state index is 0.157. The molecular weight excluding hydrogens is 264 g/mol. The minimum Gasteiger partial charge on any atom is -0.353 e. The maximum Gasteiger partial charge on any atom is 0.242 e. The van der Waals surface area contributed by atoms with E-state index in [1.54, 1.807) is 0 Å². The van der Waals surface area contributed by atoms with Gasteiger partial charge in [0.05, 0.1) is 22.9 Å². The molecule has 1 aromatic rings. The number of hydrogen-bond donors (Lipinski definition) is 1. The Morgan fingerprint density at radius 1 is 1.21 bits per heavy atom. The summed E-state index contributed by atoms with van der Waals surface area (Å²) in [5.74, 6) is 1.22. The van der Waals surface area contributed by atoms with Crippen molar-refractivity contribution in [2.75, 3.05) is 23.4 Å². The van der Waals surface area contributed by atoms with Gasteiger partial charge in [0.25, 0.3) is 0 Å². The molecule has 1 atom stereocenters. The lowest BCUT2D eigenvalue weighted by Crippen LogP contribution is -2.18. The lowest BCUT2D eigenvalue weighted by molar-refractivity contribution is 0.595. The number of aryl methyl sites for hydroxylation is 2. The number of nitrogens with zero attached hydrogens (tertiary/aromatic N) is 3. The van der Waals surface area contributed by atoms with Gasteiger partial charge in [0, 0.05) is 6.54 Å². The lowest BCUT2D eigenvalue weighted by atomic mass is 10.1. The average molecular weight is 284 g/mol. The van der Waals surface area contributed by atoms with Crippen LogP contribution in [0.15, 0.2) is 0 Å². The molecule has 1 fully saturated rings. The summed E-state index contributed by atoms with van der Waals surface area (Å²) in [6.45, 7) is 4.66. The van der Waals surface area contributed by atoms with Crippen molar-refractivity contribution in [1.82, 2.24) is 15.2 Å². The van der Waals surface area contributed by atoms with E-state index in [1.165, 1.54) is 0 Å². The molecule has 2 heterocycles. The van der Waals surface area contributed by atoms with E-state index in [0.29, 0.717) is 18.2 Å². The van der Waals surface area contributed by atoms with E-state index in [1.807, 2.05) is 13.8 Å². The van der Waals surface area contributed by atoms with Crippen LogP contribution in [-0.4, -0.2) is 41.6 Å². The molecule has 1 N–H and O–H groups in total. The molecule has 7 heteroatoms. The number of hydrogen-bond acceptors (Lipinski definition) is 6. The van der Waals surface area contributed by atoms with Crippen molar-refractivity contribution in [1.29, 1.82) is 0 Å². The highest BCUT2D eigenvalue weighted by Crippen LogP contribution is 2.18. The first-order valence-corrected chi connectivity index (χ1v) is 8.53. The van der Waals surface area contributed by atoms with Crippen LogP contribution in [-0.2, 0) is 22.7 Å². The first-order valence-electron chi connectivity index (χ1n) is 6.70. The van der Waals surface area contributed by atoms with Gasteiger partial charge in [-0.15, -0.1) is 5.10 Å². The third-order valence-corrected chi connectivity index (χ3v) is 5.22. The molecule has 1 aliphatic heterocycles. The number of sulfone groups is 1. The molecule has 1 aromatic heterocycles. The van der Waals surface area contributed by atoms with Gasteiger partial charge in [-0.2, -0.15) is 5.10 Å². The molecule has 106 valence electrons. The maximum atomic E-state index is 11.4. The van der Waals surface area contributed by atoms with E-state index in [-0.39, 0.29) is 11.7 Å². The molecule has 0 aromatic carbocycles. The molecule has 0 radical (unpaired) electrons. The van der Waals surface area contributed by atoms with Crippen molar-refractivity contribution < 1.29 is 8.42 Å². The summed E-state index contributed by atoms with van der Waals surface area (Å²) >= 11 is 0. The molecule has 6 nitrogen and oxygen atoms in total. The monoisotopic (exact) mass is 284 g/mol. The van der Waals surface area contributed by atoms with Crippen LogP contribution in [0.2, 0.25) is 0 Å². The predicted molar refractivity (Wildman–Crippen MR) is 73.8 cm³/mol. The van der Waals surface area contributed by atoms with Gasteiger partial charge < -0.3 is 5.32 Å². The van der Waals surface area contributed by atoms with E-state index in [9.17, 15) is 8.42 Å². The molecule has 1 unspecified atom stereocenters. The predicted octanol–water partition coefficient (Wildman–Crippen LogP) is 0.843. The molecule has 0 bridgehead atoms. The molecule has 1 saturated heterocycles. The van der Waals surface area contributed by atoms with E-state index < -0.39 is 9.84 Å². The van der Waals surface area contributed by atoms with Gasteiger partial charge in [-0.25, -0.2) is 13.4 Å². The summed E-state index contributed by atoms with van der Waals surface area (Å²) in [6, 6.07) is 0. The van der Waals surface area contributed by atoms with Gasteiger partial charge in [0.1, 0.15) is 0 Å². The second-order valence-corrected chi connectivity index (χ2v) is 7.11. The van der Waals surface area contributed by atoms with E-state index in [4.69, 9.17) is 0 Å². The third kappa shape index (κ3) is 3.62. The summed E-state index contributed by atoms with van der Waals surface area (Å²) in [6.07, 6.45) is 2.37. The highest BCUT2D eigenvalue weighted by Gasteiger charge is 2.27. The second-order valence-electron chi connectivity index (χ2n) is 4.89. The Hall–Kier alpha value is -1.24. The van der Waals surface area contributed by atoms with E-state index >= 15 is 0 Å². The van der Waals surface area contributed by atoms with Crippen molar-refractivity contribution in [3.63, 3.8) is 0 Å². The minimum atomic E-state index is -2.82. The van der Waals surface area contributed by atoms with Gasteiger partial charge >= 0.3 is 0 Å². The molecule has 19 heavy (non-hydrogen) atoms. The third-order valence-electron chi connectivity index (χ3n) is 3.38. The quantitative estimate of drug-likeness (QED) is 0.862. The highest BCUT2D eigenvalue weighted by molar-refractivity contribution is 7.91. The fourth-order valence-electron chi connectivity index (χ4n) is 2.28. The number of rotatable bonds is 5. The van der Waals surface area contributed by atoms with Crippen LogP contribution in [0.5, 0.6) is 0 Å². The average Bonchev–Trinajstić information content (AvgIpc) is 2.75. The maximum absolute atomic E-state index is 11.4. The Kier molecular flexibility index (Phi) is 4.34. The molecule has 1 aliphatic rings. The largest absolute Gasteiger partial charge is 0.353 e. The number of aromatic nitrogens is 3. The van der Waals surface area contributed by atoms with Crippen molar-refractivity contribution in [2.45, 2.75) is 33.1 Å². The normalized spacial score (nSPS) is 21.5. The molecule has 2 rings (SSSR count). The van der Waals surface area contributed by atoms with Crippen LogP contribution in [0.25, 0.3) is 0 Å². The van der Waals surface area contributed by atoms with Crippen molar-refractivity contribution in [2.24, 2.45) is 5.92 Å². The zero-order valence-corrected chi connectivity index (χ0v) is 12.2. The van der Waals surface area contributed by atoms with Crippen LogP contribution >= 0.6 is 0 Å². The molecule has 0 spiro atoms. The van der Waals surface area contributed by atoms with Gasteiger partial charge in [-0.1, -0.05) is 13.8 Å². The van der Waals surface area contributed by atoms with Gasteiger partial charge in [0.2, 0.25) is 5.95 Å². The Bertz CT molecular complexity index is 545. The topological polar surface area (TPSA) is 84.8 Å². The summed E-state index contributed by atoms with van der Waals surface area (Å²) in [7, 11) is -2.82. The first kappa shape index (κ1) is 14.2. The number of nitrogens with one attached hydrogen (secondary N) is 1. The fourth-order valence-corrected chi connectivity index (χ4v) is 4.14. The smallest absolute Gasteiger partial charge is 0.242 e. The molecule has 0 amide bonds. The molecular formula is C12H20N4O2S. The first-order chi connectivity index (χ1) is 9.04. The van der Waals surface area contributed by atoms with Crippen LogP contribution in [0.1, 0.15) is 31.7 Å². The van der Waals surface area contributed by atoms with Gasteiger partial charge in [-0.3, -0.25) is 0 Å². The number of anilines is 1. The highest BCUT2D eigenvalue weighted by atomic mass is 32.2. The zero-order valence-electron chi connectivity index (χ0n) is 11.4. The summed E-state index contributed by atoms with van der Waals surface area (Å²) in [4.78, 5) is 4.43. The lowest BCUT2D eigenvalue weighted by Gasteiger charge is -2.10.